The summed E-state index contributed by atoms with van der Waals surface area (Å²) in [7, 11) is 3.88. The van der Waals surface area contributed by atoms with Crippen molar-refractivity contribution >= 4 is 11.5 Å². The van der Waals surface area contributed by atoms with Crippen molar-refractivity contribution in [3.05, 3.63) is 42.2 Å². The number of nitrogens with two attached hydrogens (primary N) is 1. The molecule has 0 fully saturated rings. The molecule has 1 heterocycles. The van der Waals surface area contributed by atoms with E-state index in [0.29, 0.717) is 11.4 Å². The Bertz CT molecular complexity index is 628. The molecule has 0 amide bonds. The van der Waals surface area contributed by atoms with Gasteiger partial charge in [0, 0.05) is 32.0 Å². The van der Waals surface area contributed by atoms with Gasteiger partial charge < -0.3 is 20.6 Å². The van der Waals surface area contributed by atoms with Crippen LogP contribution in [0.5, 0.6) is 11.8 Å². The largest absolute Gasteiger partial charge is 0.424 e. The first-order valence-corrected chi connectivity index (χ1v) is 5.86. The third-order valence-electron chi connectivity index (χ3n) is 2.55. The Morgan fingerprint density at radius 2 is 2.15 bits per heavy atom. The predicted octanol–water partition coefficient (Wildman–Crippen LogP) is 1.43. The van der Waals surface area contributed by atoms with Crippen molar-refractivity contribution in [3.63, 3.8) is 0 Å². The first-order chi connectivity index (χ1) is 9.60. The van der Waals surface area contributed by atoms with E-state index in [4.69, 9.17) is 15.7 Å². The van der Waals surface area contributed by atoms with Crippen LogP contribution in [0.15, 0.2) is 41.7 Å². The number of amidine groups is 1. The lowest BCUT2D eigenvalue weighted by Crippen LogP contribution is -2.15. The van der Waals surface area contributed by atoms with Crippen LogP contribution in [0.2, 0.25) is 0 Å². The summed E-state index contributed by atoms with van der Waals surface area (Å²) in [4.78, 5) is 10.00. The second-order valence-corrected chi connectivity index (χ2v) is 4.20. The minimum absolute atomic E-state index is 0.0979. The van der Waals surface area contributed by atoms with Gasteiger partial charge in [-0.1, -0.05) is 11.2 Å². The number of nitrogens with zero attached hydrogens (tertiary/aromatic N) is 4. The van der Waals surface area contributed by atoms with Crippen molar-refractivity contribution in [1.82, 2.24) is 9.97 Å². The number of aromatic nitrogens is 2. The molecule has 104 valence electrons. The van der Waals surface area contributed by atoms with E-state index >= 15 is 0 Å². The van der Waals surface area contributed by atoms with E-state index in [9.17, 15) is 0 Å². The maximum Gasteiger partial charge on any atom is 0.322 e. The standard InChI is InChI=1S/C13H15N5O2/c1-18(2)9-4-3-5-10(8-9)20-13-15-7-6-11(16-13)12(14)17-19/h3-8,19H,1-2H3,(H2,14,17). The minimum Gasteiger partial charge on any atom is -0.424 e. The average Bonchev–Trinajstić information content (AvgIpc) is 2.47. The number of ether oxygens (including phenoxy) is 1. The van der Waals surface area contributed by atoms with Gasteiger partial charge in [0.1, 0.15) is 11.4 Å². The van der Waals surface area contributed by atoms with Gasteiger partial charge in [-0.2, -0.15) is 4.98 Å². The molecule has 2 rings (SSSR count). The van der Waals surface area contributed by atoms with Gasteiger partial charge in [0.15, 0.2) is 5.84 Å². The van der Waals surface area contributed by atoms with Crippen LogP contribution >= 0.6 is 0 Å². The molecule has 0 aliphatic carbocycles. The lowest BCUT2D eigenvalue weighted by Gasteiger charge is -2.13. The SMILES string of the molecule is CN(C)c1cccc(Oc2nccc(/C(N)=N/O)n2)c1. The molecule has 0 aliphatic heterocycles. The molecule has 3 N–H and O–H groups in total. The molecular weight excluding hydrogens is 258 g/mol. The van der Waals surface area contributed by atoms with E-state index in [-0.39, 0.29) is 11.8 Å². The van der Waals surface area contributed by atoms with Crippen LogP contribution in [0.25, 0.3) is 0 Å². The van der Waals surface area contributed by atoms with Gasteiger partial charge >= 0.3 is 6.01 Å². The van der Waals surface area contributed by atoms with E-state index in [2.05, 4.69) is 15.1 Å². The first-order valence-electron chi connectivity index (χ1n) is 5.86. The predicted molar refractivity (Wildman–Crippen MR) is 75.4 cm³/mol. The number of rotatable bonds is 4. The molecule has 1 aromatic carbocycles. The highest BCUT2D eigenvalue weighted by molar-refractivity contribution is 5.95. The summed E-state index contributed by atoms with van der Waals surface area (Å²) in [6.07, 6.45) is 1.48. The Kier molecular flexibility index (Phi) is 3.99. The minimum atomic E-state index is -0.0979. The van der Waals surface area contributed by atoms with Gasteiger partial charge in [0.2, 0.25) is 0 Å². The van der Waals surface area contributed by atoms with Crippen molar-refractivity contribution in [2.75, 3.05) is 19.0 Å². The van der Waals surface area contributed by atoms with Crippen molar-refractivity contribution < 1.29 is 9.94 Å². The van der Waals surface area contributed by atoms with Crippen LogP contribution in [0, 0.1) is 0 Å². The molecule has 2 aromatic rings. The Morgan fingerprint density at radius 1 is 1.35 bits per heavy atom. The summed E-state index contributed by atoms with van der Waals surface area (Å²) in [5, 5.41) is 11.5. The fourth-order valence-corrected chi connectivity index (χ4v) is 1.51. The molecule has 20 heavy (non-hydrogen) atoms. The maximum absolute atomic E-state index is 8.62. The summed E-state index contributed by atoms with van der Waals surface area (Å²) in [6, 6.07) is 9.15. The van der Waals surface area contributed by atoms with Crippen LogP contribution in [-0.4, -0.2) is 35.1 Å². The van der Waals surface area contributed by atoms with Crippen LogP contribution < -0.4 is 15.4 Å². The summed E-state index contributed by atoms with van der Waals surface area (Å²) in [6.45, 7) is 0. The quantitative estimate of drug-likeness (QED) is 0.378. The van der Waals surface area contributed by atoms with Gasteiger partial charge in [-0.15, -0.1) is 0 Å². The van der Waals surface area contributed by atoms with Crippen molar-refractivity contribution in [2.24, 2.45) is 10.9 Å². The molecule has 7 heteroatoms. The third-order valence-corrected chi connectivity index (χ3v) is 2.55. The zero-order valence-electron chi connectivity index (χ0n) is 11.2. The number of anilines is 1. The molecule has 0 spiro atoms. The van der Waals surface area contributed by atoms with E-state index in [1.807, 2.05) is 37.2 Å². The van der Waals surface area contributed by atoms with Crippen LogP contribution in [0.1, 0.15) is 5.69 Å². The summed E-state index contributed by atoms with van der Waals surface area (Å²) in [5.74, 6) is 0.507. The number of hydrogen-bond donors (Lipinski definition) is 2. The highest BCUT2D eigenvalue weighted by Crippen LogP contribution is 2.22. The molecule has 1 aromatic heterocycles. The fraction of sp³-hybridized carbons (Fsp3) is 0.154. The molecule has 0 atom stereocenters. The van der Waals surface area contributed by atoms with Crippen LogP contribution in [-0.2, 0) is 0 Å². The Morgan fingerprint density at radius 3 is 2.85 bits per heavy atom. The maximum atomic E-state index is 8.62. The summed E-state index contributed by atoms with van der Waals surface area (Å²) < 4.78 is 5.56. The molecule has 0 bridgehead atoms. The van der Waals surface area contributed by atoms with Gasteiger partial charge in [0.25, 0.3) is 0 Å². The van der Waals surface area contributed by atoms with E-state index < -0.39 is 0 Å². The smallest absolute Gasteiger partial charge is 0.322 e. The number of hydrogen-bond acceptors (Lipinski definition) is 6. The monoisotopic (exact) mass is 273 g/mol. The molecule has 0 saturated heterocycles. The molecular formula is C13H15N5O2. The summed E-state index contributed by atoms with van der Waals surface area (Å²) >= 11 is 0. The zero-order valence-corrected chi connectivity index (χ0v) is 11.2. The highest BCUT2D eigenvalue weighted by atomic mass is 16.5. The Hall–Kier alpha value is -2.83. The zero-order chi connectivity index (χ0) is 14.5. The lowest BCUT2D eigenvalue weighted by atomic mass is 10.3. The molecule has 0 unspecified atom stereocenters. The van der Waals surface area contributed by atoms with E-state index in [1.54, 1.807) is 6.07 Å². The molecule has 0 aliphatic rings. The Balaban J connectivity index is 2.24. The third kappa shape index (κ3) is 3.14. The van der Waals surface area contributed by atoms with Crippen molar-refractivity contribution in [1.29, 1.82) is 0 Å². The normalized spacial score (nSPS) is 11.2. The van der Waals surface area contributed by atoms with Crippen molar-refractivity contribution in [3.8, 4) is 11.8 Å². The van der Waals surface area contributed by atoms with Gasteiger partial charge in [-0.25, -0.2) is 4.98 Å². The fourth-order valence-electron chi connectivity index (χ4n) is 1.51. The lowest BCUT2D eigenvalue weighted by molar-refractivity contribution is 0.318. The molecule has 0 saturated carbocycles. The van der Waals surface area contributed by atoms with Crippen LogP contribution in [0.4, 0.5) is 5.69 Å². The number of oxime groups is 1. The van der Waals surface area contributed by atoms with Gasteiger partial charge in [-0.3, -0.25) is 0 Å². The molecule has 7 nitrogen and oxygen atoms in total. The highest BCUT2D eigenvalue weighted by Gasteiger charge is 2.06. The first kappa shape index (κ1) is 13.6. The van der Waals surface area contributed by atoms with Gasteiger partial charge in [0.05, 0.1) is 0 Å². The van der Waals surface area contributed by atoms with E-state index in [1.165, 1.54) is 12.3 Å². The second kappa shape index (κ2) is 5.87. The number of benzene rings is 1. The molecule has 0 radical (unpaired) electrons. The Labute approximate surface area is 116 Å². The second-order valence-electron chi connectivity index (χ2n) is 4.20. The topological polar surface area (TPSA) is 96.9 Å². The average molecular weight is 273 g/mol. The van der Waals surface area contributed by atoms with Gasteiger partial charge in [-0.05, 0) is 18.2 Å². The summed E-state index contributed by atoms with van der Waals surface area (Å²) in [5.41, 5.74) is 6.76. The van der Waals surface area contributed by atoms with Crippen molar-refractivity contribution in [2.45, 2.75) is 0 Å². The van der Waals surface area contributed by atoms with Crippen LogP contribution in [0.3, 0.4) is 0 Å². The van der Waals surface area contributed by atoms with E-state index in [0.717, 1.165) is 5.69 Å².